The number of hydrogen-bond acceptors (Lipinski definition) is 7. The molecular weight excluding hydrogens is 258 g/mol. The molecule has 0 atom stereocenters. The van der Waals surface area contributed by atoms with Crippen LogP contribution in [0.1, 0.15) is 5.56 Å². The fourth-order valence-corrected chi connectivity index (χ4v) is 2.06. The van der Waals surface area contributed by atoms with Crippen molar-refractivity contribution in [2.75, 3.05) is 27.3 Å². The Morgan fingerprint density at radius 1 is 1.50 bits per heavy atom. The molecule has 1 aromatic heterocycles. The molecule has 0 aromatic carbocycles. The van der Waals surface area contributed by atoms with Crippen molar-refractivity contribution in [2.45, 2.75) is 12.3 Å². The minimum atomic E-state index is -0.789. The van der Waals surface area contributed by atoms with Crippen molar-refractivity contribution in [2.24, 2.45) is 4.99 Å². The number of rotatable bonds is 4. The molecule has 0 spiro atoms. The number of nitriles is 1. The monoisotopic (exact) mass is 275 g/mol. The van der Waals surface area contributed by atoms with Crippen molar-refractivity contribution >= 4 is 5.96 Å². The Labute approximate surface area is 117 Å². The topological polar surface area (TPSA) is 82.8 Å². The summed E-state index contributed by atoms with van der Waals surface area (Å²) in [5.74, 6) is -0.274. The van der Waals surface area contributed by atoms with E-state index in [-0.39, 0.29) is 0 Å². The number of nitrogens with zero attached hydrogens (tertiary/aromatic N) is 4. The first-order valence-electron chi connectivity index (χ1n) is 6.17. The molecule has 0 fully saturated rings. The lowest BCUT2D eigenvalue weighted by Gasteiger charge is -2.39. The Kier molecular flexibility index (Phi) is 4.50. The molecule has 106 valence electrons. The fraction of sp³-hybridized carbons (Fsp3) is 0.462. The second-order valence-corrected chi connectivity index (χ2v) is 4.41. The van der Waals surface area contributed by atoms with Crippen LogP contribution in [-0.4, -0.2) is 48.9 Å². The highest BCUT2D eigenvalue weighted by Gasteiger charge is 2.37. The molecule has 2 rings (SSSR count). The number of hydrogen-bond donors (Lipinski definition) is 1. The first-order valence-corrected chi connectivity index (χ1v) is 6.17. The van der Waals surface area contributed by atoms with Crippen LogP contribution in [0, 0.1) is 11.5 Å². The third-order valence-electron chi connectivity index (χ3n) is 3.21. The standard InChI is InChI=1S/C13H17N5O2/c1-19-13(20-2)8-16-12(17-10-14)18(9-13)7-11-4-3-5-15-6-11/h3-6H,7-9H2,1-2H3,(H,16,17). The van der Waals surface area contributed by atoms with E-state index in [0.717, 1.165) is 5.56 Å². The largest absolute Gasteiger partial charge is 0.350 e. The van der Waals surface area contributed by atoms with Gasteiger partial charge in [0.1, 0.15) is 0 Å². The van der Waals surface area contributed by atoms with Gasteiger partial charge in [-0.1, -0.05) is 6.07 Å². The molecule has 2 heterocycles. The van der Waals surface area contributed by atoms with Gasteiger partial charge in [-0.05, 0) is 11.6 Å². The summed E-state index contributed by atoms with van der Waals surface area (Å²) in [6.45, 7) is 1.38. The van der Waals surface area contributed by atoms with Gasteiger partial charge in [0.15, 0.2) is 6.19 Å². The average molecular weight is 275 g/mol. The quantitative estimate of drug-likeness (QED) is 0.484. The predicted molar refractivity (Wildman–Crippen MR) is 72.4 cm³/mol. The van der Waals surface area contributed by atoms with Crippen LogP contribution in [0.25, 0.3) is 0 Å². The molecule has 0 saturated heterocycles. The summed E-state index contributed by atoms with van der Waals surface area (Å²) in [5.41, 5.74) is 1.02. The summed E-state index contributed by atoms with van der Waals surface area (Å²) in [7, 11) is 3.17. The molecule has 1 aromatic rings. The van der Waals surface area contributed by atoms with E-state index >= 15 is 0 Å². The Hall–Kier alpha value is -2.17. The van der Waals surface area contributed by atoms with Crippen LogP contribution < -0.4 is 5.32 Å². The van der Waals surface area contributed by atoms with Gasteiger partial charge in [-0.3, -0.25) is 10.3 Å². The highest BCUT2D eigenvalue weighted by Crippen LogP contribution is 2.20. The third-order valence-corrected chi connectivity index (χ3v) is 3.21. The molecule has 0 bridgehead atoms. The van der Waals surface area contributed by atoms with E-state index in [4.69, 9.17) is 14.7 Å². The number of methoxy groups -OCH3 is 2. The summed E-state index contributed by atoms with van der Waals surface area (Å²) >= 11 is 0. The molecule has 0 aliphatic carbocycles. The predicted octanol–water partition coefficient (Wildman–Crippen LogP) is 0.313. The lowest BCUT2D eigenvalue weighted by molar-refractivity contribution is -0.208. The molecule has 1 aliphatic heterocycles. The zero-order chi connectivity index (χ0) is 14.4. The molecule has 1 N–H and O–H groups in total. The molecule has 7 nitrogen and oxygen atoms in total. The van der Waals surface area contributed by atoms with Crippen molar-refractivity contribution in [3.8, 4) is 6.19 Å². The minimum absolute atomic E-state index is 0.341. The molecule has 0 radical (unpaired) electrons. The summed E-state index contributed by atoms with van der Waals surface area (Å²) < 4.78 is 10.9. The highest BCUT2D eigenvalue weighted by atomic mass is 16.7. The molecule has 1 aliphatic rings. The zero-order valence-electron chi connectivity index (χ0n) is 11.5. The molecule has 0 saturated carbocycles. The van der Waals surface area contributed by atoms with Gasteiger partial charge >= 0.3 is 0 Å². The van der Waals surface area contributed by atoms with Crippen LogP contribution >= 0.6 is 0 Å². The maximum absolute atomic E-state index is 8.80. The third kappa shape index (κ3) is 3.04. The van der Waals surface area contributed by atoms with Gasteiger partial charge in [-0.2, -0.15) is 5.26 Å². The highest BCUT2D eigenvalue weighted by molar-refractivity contribution is 5.82. The lowest BCUT2D eigenvalue weighted by atomic mass is 10.2. The van der Waals surface area contributed by atoms with Crippen molar-refractivity contribution in [1.29, 1.82) is 5.26 Å². The van der Waals surface area contributed by atoms with E-state index in [1.165, 1.54) is 0 Å². The van der Waals surface area contributed by atoms with Crippen molar-refractivity contribution < 1.29 is 9.47 Å². The number of guanidine groups is 1. The second kappa shape index (κ2) is 6.32. The molecule has 0 unspecified atom stereocenters. The van der Waals surface area contributed by atoms with Gasteiger partial charge < -0.3 is 14.4 Å². The van der Waals surface area contributed by atoms with Gasteiger partial charge in [0.25, 0.3) is 0 Å². The Balaban J connectivity index is 2.20. The fourth-order valence-electron chi connectivity index (χ4n) is 2.06. The van der Waals surface area contributed by atoms with E-state index in [0.29, 0.717) is 25.6 Å². The number of ether oxygens (including phenoxy) is 2. The molecule has 0 amide bonds. The Morgan fingerprint density at radius 2 is 2.30 bits per heavy atom. The first kappa shape index (κ1) is 14.2. The van der Waals surface area contributed by atoms with Gasteiger partial charge in [-0.15, -0.1) is 0 Å². The van der Waals surface area contributed by atoms with E-state index in [1.807, 2.05) is 23.2 Å². The van der Waals surface area contributed by atoms with E-state index in [2.05, 4.69) is 15.3 Å². The number of nitrogens with one attached hydrogen (secondary N) is 1. The van der Waals surface area contributed by atoms with Gasteiger partial charge in [0.2, 0.25) is 11.7 Å². The van der Waals surface area contributed by atoms with Gasteiger partial charge in [0.05, 0.1) is 13.1 Å². The summed E-state index contributed by atoms with van der Waals surface area (Å²) in [4.78, 5) is 10.3. The van der Waals surface area contributed by atoms with E-state index < -0.39 is 5.79 Å². The van der Waals surface area contributed by atoms with Crippen LogP contribution in [0.15, 0.2) is 29.5 Å². The van der Waals surface area contributed by atoms with Crippen molar-refractivity contribution in [1.82, 2.24) is 15.2 Å². The summed E-state index contributed by atoms with van der Waals surface area (Å²) in [6.07, 6.45) is 5.39. The van der Waals surface area contributed by atoms with Gasteiger partial charge in [-0.25, -0.2) is 4.99 Å². The van der Waals surface area contributed by atoms with Crippen molar-refractivity contribution in [3.63, 3.8) is 0 Å². The summed E-state index contributed by atoms with van der Waals surface area (Å²) in [6, 6.07) is 3.83. The smallest absolute Gasteiger partial charge is 0.208 e. The van der Waals surface area contributed by atoms with E-state index in [9.17, 15) is 0 Å². The number of pyridine rings is 1. The van der Waals surface area contributed by atoms with Crippen molar-refractivity contribution in [3.05, 3.63) is 30.1 Å². The molecular formula is C13H17N5O2. The molecule has 7 heteroatoms. The Bertz CT molecular complexity index is 507. The second-order valence-electron chi connectivity index (χ2n) is 4.41. The SMILES string of the molecule is COC1(OC)CN=C(NC#N)N(Cc2cccnc2)C1. The van der Waals surface area contributed by atoms with Crippen LogP contribution in [-0.2, 0) is 16.0 Å². The minimum Gasteiger partial charge on any atom is -0.350 e. The summed E-state index contributed by atoms with van der Waals surface area (Å²) in [5, 5.41) is 11.4. The van der Waals surface area contributed by atoms with Crippen LogP contribution in [0.5, 0.6) is 0 Å². The maximum Gasteiger partial charge on any atom is 0.208 e. The normalized spacial score (nSPS) is 17.2. The van der Waals surface area contributed by atoms with Crippen LogP contribution in [0.2, 0.25) is 0 Å². The lowest BCUT2D eigenvalue weighted by Crippen LogP contribution is -2.56. The average Bonchev–Trinajstić information content (AvgIpc) is 2.50. The molecule has 20 heavy (non-hydrogen) atoms. The number of aromatic nitrogens is 1. The maximum atomic E-state index is 8.80. The van der Waals surface area contributed by atoms with Gasteiger partial charge in [0, 0.05) is 33.2 Å². The zero-order valence-corrected chi connectivity index (χ0v) is 11.5. The van der Waals surface area contributed by atoms with Crippen LogP contribution in [0.3, 0.4) is 0 Å². The van der Waals surface area contributed by atoms with E-state index in [1.54, 1.807) is 26.6 Å². The number of aliphatic imine (C=N–C) groups is 1. The first-order chi connectivity index (χ1) is 9.73. The Morgan fingerprint density at radius 3 is 2.90 bits per heavy atom. The van der Waals surface area contributed by atoms with Crippen LogP contribution in [0.4, 0.5) is 0 Å².